The number of amides is 2. The molecule has 0 aromatic carbocycles. The molecule has 2 aliphatic rings. The van der Waals surface area contributed by atoms with Crippen LogP contribution in [0.25, 0.3) is 0 Å². The average Bonchev–Trinajstić information content (AvgIpc) is 3.14. The molecule has 0 aliphatic carbocycles. The number of hydrogen-bond acceptors (Lipinski definition) is 9. The van der Waals surface area contributed by atoms with Crippen molar-refractivity contribution in [2.75, 3.05) is 12.4 Å². The molecule has 4 atom stereocenters. The van der Waals surface area contributed by atoms with Crippen molar-refractivity contribution in [1.82, 2.24) is 15.2 Å². The Bertz CT molecular complexity index is 966. The van der Waals surface area contributed by atoms with E-state index in [1.54, 1.807) is 12.3 Å². The van der Waals surface area contributed by atoms with Crippen molar-refractivity contribution in [3.8, 4) is 0 Å². The van der Waals surface area contributed by atoms with Crippen molar-refractivity contribution >= 4 is 64.2 Å². The first-order valence-electron chi connectivity index (χ1n) is 8.83. The fraction of sp³-hybridized carbons (Fsp3) is 0.412. The van der Waals surface area contributed by atoms with Gasteiger partial charge in [-0.05, 0) is 6.92 Å². The normalized spacial score (nSPS) is 25.7. The predicted molar refractivity (Wildman–Crippen MR) is 112 cm³/mol. The van der Waals surface area contributed by atoms with Gasteiger partial charge in [0.05, 0.1) is 5.01 Å². The van der Waals surface area contributed by atoms with Crippen LogP contribution < -0.4 is 5.32 Å². The number of rotatable bonds is 8. The van der Waals surface area contributed by atoms with Crippen LogP contribution in [0.2, 0.25) is 0 Å². The summed E-state index contributed by atoms with van der Waals surface area (Å²) in [4.78, 5) is 57.9. The van der Waals surface area contributed by atoms with Gasteiger partial charge in [0.15, 0.2) is 5.71 Å². The third-order valence-corrected chi connectivity index (χ3v) is 6.86. The summed E-state index contributed by atoms with van der Waals surface area (Å²) in [5.74, 6) is -3.84. The van der Waals surface area contributed by atoms with Gasteiger partial charge in [0.1, 0.15) is 23.2 Å². The minimum atomic E-state index is -1.28. The van der Waals surface area contributed by atoms with E-state index in [0.29, 0.717) is 10.8 Å². The van der Waals surface area contributed by atoms with Crippen LogP contribution in [0.3, 0.4) is 0 Å². The van der Waals surface area contributed by atoms with E-state index >= 15 is 0 Å². The maximum absolute atomic E-state index is 12.8. The SMILES string of the molecule is Cc1nc(/C(=N\OCC(=O)O)C(=O)NC2C(=O)N3C2SCC(/C=C/Cl)C3C(=O)O)cs1. The van der Waals surface area contributed by atoms with Crippen molar-refractivity contribution < 1.29 is 34.2 Å². The van der Waals surface area contributed by atoms with Gasteiger partial charge in [0.2, 0.25) is 12.5 Å². The molecule has 0 radical (unpaired) electrons. The van der Waals surface area contributed by atoms with E-state index in [1.807, 2.05) is 0 Å². The number of carbonyl (C=O) groups is 4. The van der Waals surface area contributed by atoms with Crippen LogP contribution in [-0.4, -0.2) is 79.4 Å². The molecule has 31 heavy (non-hydrogen) atoms. The fourth-order valence-corrected chi connectivity index (χ4v) is 5.46. The molecule has 1 aromatic rings. The second-order valence-corrected chi connectivity index (χ2v) is 9.01. The fourth-order valence-electron chi connectivity index (χ4n) is 3.19. The first-order chi connectivity index (χ1) is 14.7. The standard InChI is InChI=1S/C17H17ClN4O7S2/c1-7-19-9(6-30-7)11(21-29-4-10(23)24)14(25)20-12-15(26)22-13(17(27)28)8(2-3-18)5-31-16(12)22/h2-3,6,8,12-13,16H,4-5H2,1H3,(H,20,25)(H,23,24)(H,27,28)/b3-2+,21-11+. The number of aromatic nitrogens is 1. The molecule has 2 amide bonds. The van der Waals surface area contributed by atoms with E-state index in [-0.39, 0.29) is 11.4 Å². The van der Waals surface area contributed by atoms with Crippen molar-refractivity contribution in [2.24, 2.45) is 11.1 Å². The molecule has 0 bridgehead atoms. The summed E-state index contributed by atoms with van der Waals surface area (Å²) < 4.78 is 0. The molecule has 0 spiro atoms. The van der Waals surface area contributed by atoms with E-state index in [4.69, 9.17) is 21.5 Å². The number of carboxylic acid groups (broad SMARTS) is 2. The van der Waals surface area contributed by atoms with E-state index in [9.17, 15) is 24.3 Å². The summed E-state index contributed by atoms with van der Waals surface area (Å²) >= 11 is 8.16. The summed E-state index contributed by atoms with van der Waals surface area (Å²) in [6, 6.07) is -2.06. The number of fused-ring (bicyclic) bond motifs is 1. The lowest BCUT2D eigenvalue weighted by Crippen LogP contribution is -2.76. The molecule has 2 saturated heterocycles. The first kappa shape index (κ1) is 23.0. The number of aryl methyl sites for hydroxylation is 1. The number of thioether (sulfide) groups is 1. The summed E-state index contributed by atoms with van der Waals surface area (Å²) in [5.41, 5.74) is 1.11. The Morgan fingerprint density at radius 2 is 2.19 bits per heavy atom. The quantitative estimate of drug-likeness (QED) is 0.268. The summed E-state index contributed by atoms with van der Waals surface area (Å²) in [7, 11) is 0. The van der Waals surface area contributed by atoms with Crippen LogP contribution in [0.5, 0.6) is 0 Å². The van der Waals surface area contributed by atoms with Gasteiger partial charge in [-0.2, -0.15) is 0 Å². The Hall–Kier alpha value is -2.64. The van der Waals surface area contributed by atoms with Gasteiger partial charge in [-0.3, -0.25) is 9.59 Å². The zero-order valence-corrected chi connectivity index (χ0v) is 18.3. The van der Waals surface area contributed by atoms with Crippen LogP contribution in [0.15, 0.2) is 22.1 Å². The van der Waals surface area contributed by atoms with Crippen LogP contribution >= 0.6 is 34.7 Å². The third-order valence-electron chi connectivity index (χ3n) is 4.52. The molecule has 3 heterocycles. The van der Waals surface area contributed by atoms with Gasteiger partial charge in [0, 0.05) is 22.6 Å². The van der Waals surface area contributed by atoms with Crippen molar-refractivity contribution in [3.63, 3.8) is 0 Å². The Balaban J connectivity index is 1.76. The Kier molecular flexibility index (Phi) is 7.18. The molecule has 11 nitrogen and oxygen atoms in total. The van der Waals surface area contributed by atoms with Gasteiger partial charge in [0.25, 0.3) is 5.91 Å². The maximum Gasteiger partial charge on any atom is 0.344 e. The first-order valence-corrected chi connectivity index (χ1v) is 11.2. The lowest BCUT2D eigenvalue weighted by atomic mass is 9.93. The van der Waals surface area contributed by atoms with E-state index < -0.39 is 53.7 Å². The lowest BCUT2D eigenvalue weighted by Gasteiger charge is -2.53. The smallest absolute Gasteiger partial charge is 0.344 e. The highest BCUT2D eigenvalue weighted by Gasteiger charge is 2.57. The number of nitrogens with zero attached hydrogens (tertiary/aromatic N) is 3. The maximum atomic E-state index is 12.8. The third kappa shape index (κ3) is 4.83. The van der Waals surface area contributed by atoms with E-state index in [1.165, 1.54) is 39.6 Å². The van der Waals surface area contributed by atoms with Crippen LogP contribution in [-0.2, 0) is 24.0 Å². The number of thiazole rings is 1. The molecule has 3 N–H and O–H groups in total. The zero-order valence-electron chi connectivity index (χ0n) is 15.9. The second-order valence-electron chi connectivity index (χ2n) is 6.54. The predicted octanol–water partition coefficient (Wildman–Crippen LogP) is 0.479. The number of halogens is 1. The summed E-state index contributed by atoms with van der Waals surface area (Å²) in [6.07, 6.45) is 1.53. The van der Waals surface area contributed by atoms with E-state index in [2.05, 4.69) is 15.5 Å². The van der Waals surface area contributed by atoms with Crippen LogP contribution in [0, 0.1) is 12.8 Å². The van der Waals surface area contributed by atoms with Gasteiger partial charge in [-0.15, -0.1) is 23.1 Å². The summed E-state index contributed by atoms with van der Waals surface area (Å²) in [5, 5.41) is 26.0. The summed E-state index contributed by atoms with van der Waals surface area (Å²) in [6.45, 7) is 0.954. The molecule has 0 saturated carbocycles. The zero-order chi connectivity index (χ0) is 22.7. The highest BCUT2D eigenvalue weighted by molar-refractivity contribution is 8.00. The van der Waals surface area contributed by atoms with Crippen molar-refractivity contribution in [3.05, 3.63) is 27.7 Å². The van der Waals surface area contributed by atoms with E-state index in [0.717, 1.165) is 0 Å². The number of oxime groups is 1. The number of carbonyl (C=O) groups excluding carboxylic acids is 2. The van der Waals surface area contributed by atoms with Gasteiger partial charge >= 0.3 is 11.9 Å². The molecule has 166 valence electrons. The topological polar surface area (TPSA) is 158 Å². The average molecular weight is 489 g/mol. The Morgan fingerprint density at radius 1 is 1.45 bits per heavy atom. The van der Waals surface area contributed by atoms with Gasteiger partial charge < -0.3 is 25.3 Å². The largest absolute Gasteiger partial charge is 0.480 e. The monoisotopic (exact) mass is 488 g/mol. The van der Waals surface area contributed by atoms with Crippen LogP contribution in [0.1, 0.15) is 10.7 Å². The van der Waals surface area contributed by atoms with Crippen molar-refractivity contribution in [1.29, 1.82) is 0 Å². The number of aliphatic carboxylic acids is 2. The Labute approximate surface area is 189 Å². The molecular formula is C17H17ClN4O7S2. The van der Waals surface area contributed by atoms with Crippen molar-refractivity contribution in [2.45, 2.75) is 24.4 Å². The second kappa shape index (κ2) is 9.66. The molecule has 14 heteroatoms. The number of nitrogens with one attached hydrogen (secondary N) is 1. The van der Waals surface area contributed by atoms with Gasteiger partial charge in [-0.25, -0.2) is 14.6 Å². The Morgan fingerprint density at radius 3 is 2.77 bits per heavy atom. The van der Waals surface area contributed by atoms with Gasteiger partial charge in [-0.1, -0.05) is 22.8 Å². The molecule has 1 aromatic heterocycles. The number of carboxylic acids is 2. The minimum Gasteiger partial charge on any atom is -0.480 e. The highest BCUT2D eigenvalue weighted by Crippen LogP contribution is 2.41. The molecule has 3 rings (SSSR count). The molecule has 2 fully saturated rings. The lowest BCUT2D eigenvalue weighted by molar-refractivity contribution is -0.163. The highest BCUT2D eigenvalue weighted by atomic mass is 35.5. The molecular weight excluding hydrogens is 472 g/mol. The number of β-lactam (4-membered cyclic amide) rings is 1. The van der Waals surface area contributed by atoms with Crippen LogP contribution in [0.4, 0.5) is 0 Å². The molecule has 2 aliphatic heterocycles. The minimum absolute atomic E-state index is 0.168. The molecule has 4 unspecified atom stereocenters. The number of hydrogen-bond donors (Lipinski definition) is 3.